The van der Waals surface area contributed by atoms with E-state index >= 15 is 0 Å². The summed E-state index contributed by atoms with van der Waals surface area (Å²) in [6, 6.07) is 1.98. The molecule has 0 radical (unpaired) electrons. The highest BCUT2D eigenvalue weighted by Crippen LogP contribution is 2.33. The van der Waals surface area contributed by atoms with E-state index in [1.807, 2.05) is 22.8 Å². The second kappa shape index (κ2) is 5.31. The first kappa shape index (κ1) is 13.8. The van der Waals surface area contributed by atoms with Gasteiger partial charge in [-0.25, -0.2) is 0 Å². The number of pyridine rings is 1. The Bertz CT molecular complexity index is 599. The number of carbonyl (C=O) groups is 2. The van der Waals surface area contributed by atoms with Crippen LogP contribution in [0.2, 0.25) is 0 Å². The smallest absolute Gasteiger partial charge is 0.255 e. The molecule has 2 atom stereocenters. The summed E-state index contributed by atoms with van der Waals surface area (Å²) in [5.41, 5.74) is 1.57. The highest BCUT2D eigenvalue weighted by molar-refractivity contribution is 5.95. The number of amides is 2. The van der Waals surface area contributed by atoms with Crippen molar-refractivity contribution >= 4 is 11.8 Å². The number of fused-ring (bicyclic) bond motifs is 1. The van der Waals surface area contributed by atoms with Gasteiger partial charge in [-0.05, 0) is 25.0 Å². The first-order chi connectivity index (χ1) is 10.1. The van der Waals surface area contributed by atoms with Gasteiger partial charge >= 0.3 is 0 Å². The van der Waals surface area contributed by atoms with Crippen molar-refractivity contribution in [2.24, 2.45) is 0 Å². The van der Waals surface area contributed by atoms with Gasteiger partial charge in [0.15, 0.2) is 0 Å². The zero-order chi connectivity index (χ0) is 15.0. The van der Waals surface area contributed by atoms with E-state index in [0.717, 1.165) is 12.0 Å². The topological polar surface area (TPSA) is 53.5 Å². The molecule has 110 valence electrons. The van der Waals surface area contributed by atoms with Crippen LogP contribution in [0.1, 0.15) is 28.8 Å². The Morgan fingerprint density at radius 2 is 2.29 bits per heavy atom. The van der Waals surface area contributed by atoms with E-state index in [4.69, 9.17) is 0 Å². The van der Waals surface area contributed by atoms with Crippen molar-refractivity contribution in [1.29, 1.82) is 0 Å². The molecule has 21 heavy (non-hydrogen) atoms. The number of aromatic nitrogens is 1. The summed E-state index contributed by atoms with van der Waals surface area (Å²) in [5.74, 6) is 0.0942. The van der Waals surface area contributed by atoms with E-state index in [1.165, 1.54) is 0 Å². The molecule has 3 rings (SSSR count). The van der Waals surface area contributed by atoms with E-state index in [-0.39, 0.29) is 23.9 Å². The van der Waals surface area contributed by atoms with Crippen molar-refractivity contribution < 1.29 is 9.59 Å². The van der Waals surface area contributed by atoms with Crippen LogP contribution in [0.5, 0.6) is 0 Å². The third-order valence-electron chi connectivity index (χ3n) is 4.32. The Balaban J connectivity index is 1.81. The zero-order valence-corrected chi connectivity index (χ0v) is 12.2. The summed E-state index contributed by atoms with van der Waals surface area (Å²) in [6.45, 7) is 6.88. The standard InChI is InChI=1S/C16H19N3O2/c1-3-5-18-13-4-6-19(14(13)8-15(18)20)16(21)12-7-11(2)9-17-10-12/h3,7,9-10,13-14H,1,4-6,8H2,2H3/t13-,14+/m1/s1. The van der Waals surface area contributed by atoms with Crippen molar-refractivity contribution in [3.63, 3.8) is 0 Å². The molecule has 0 bridgehead atoms. The Labute approximate surface area is 124 Å². The van der Waals surface area contributed by atoms with E-state index in [2.05, 4.69) is 11.6 Å². The number of nitrogens with zero attached hydrogens (tertiary/aromatic N) is 3. The van der Waals surface area contributed by atoms with Crippen molar-refractivity contribution in [3.05, 3.63) is 42.2 Å². The van der Waals surface area contributed by atoms with Crippen LogP contribution in [0.4, 0.5) is 0 Å². The van der Waals surface area contributed by atoms with Crippen molar-refractivity contribution in [2.75, 3.05) is 13.1 Å². The van der Waals surface area contributed by atoms with E-state index < -0.39 is 0 Å². The van der Waals surface area contributed by atoms with Crippen molar-refractivity contribution in [2.45, 2.75) is 31.8 Å². The molecule has 2 fully saturated rings. The fourth-order valence-corrected chi connectivity index (χ4v) is 3.39. The number of hydrogen-bond acceptors (Lipinski definition) is 3. The molecule has 5 heteroatoms. The van der Waals surface area contributed by atoms with Gasteiger partial charge in [-0.3, -0.25) is 14.6 Å². The van der Waals surface area contributed by atoms with Crippen LogP contribution in [0, 0.1) is 6.92 Å². The lowest BCUT2D eigenvalue weighted by Gasteiger charge is -2.24. The first-order valence-corrected chi connectivity index (χ1v) is 7.25. The predicted molar refractivity (Wildman–Crippen MR) is 78.7 cm³/mol. The number of hydrogen-bond donors (Lipinski definition) is 0. The Hall–Kier alpha value is -2.17. The summed E-state index contributed by atoms with van der Waals surface area (Å²) < 4.78 is 0. The minimum Gasteiger partial charge on any atom is -0.334 e. The average molecular weight is 285 g/mol. The van der Waals surface area contributed by atoms with Gasteiger partial charge in [0, 0.05) is 31.9 Å². The van der Waals surface area contributed by atoms with E-state index in [1.54, 1.807) is 18.5 Å². The number of aryl methyl sites for hydroxylation is 1. The maximum absolute atomic E-state index is 12.6. The van der Waals surface area contributed by atoms with Crippen LogP contribution in [0.25, 0.3) is 0 Å². The lowest BCUT2D eigenvalue weighted by Crippen LogP contribution is -2.40. The molecule has 0 aromatic carbocycles. The lowest BCUT2D eigenvalue weighted by molar-refractivity contribution is -0.128. The summed E-state index contributed by atoms with van der Waals surface area (Å²) >= 11 is 0. The lowest BCUT2D eigenvalue weighted by atomic mass is 10.1. The van der Waals surface area contributed by atoms with Crippen LogP contribution in [-0.4, -0.2) is 51.8 Å². The summed E-state index contributed by atoms with van der Waals surface area (Å²) in [6.07, 6.45) is 6.34. The van der Waals surface area contributed by atoms with Crippen LogP contribution in [0.15, 0.2) is 31.1 Å². The van der Waals surface area contributed by atoms with Gasteiger partial charge < -0.3 is 9.80 Å². The predicted octanol–water partition coefficient (Wildman–Crippen LogP) is 1.39. The van der Waals surface area contributed by atoms with Crippen molar-refractivity contribution in [1.82, 2.24) is 14.8 Å². The van der Waals surface area contributed by atoms with Crippen LogP contribution >= 0.6 is 0 Å². The van der Waals surface area contributed by atoms with Gasteiger partial charge in [0.05, 0.1) is 17.6 Å². The van der Waals surface area contributed by atoms with Crippen LogP contribution < -0.4 is 0 Å². The largest absolute Gasteiger partial charge is 0.334 e. The van der Waals surface area contributed by atoms with Gasteiger partial charge in [-0.15, -0.1) is 6.58 Å². The molecule has 2 amide bonds. The van der Waals surface area contributed by atoms with Gasteiger partial charge in [0.25, 0.3) is 5.91 Å². The fraction of sp³-hybridized carbons (Fsp3) is 0.438. The number of carbonyl (C=O) groups excluding carboxylic acids is 2. The minimum absolute atomic E-state index is 0.00883. The Morgan fingerprint density at radius 3 is 3.00 bits per heavy atom. The number of likely N-dealkylation sites (tertiary alicyclic amines) is 2. The monoisotopic (exact) mass is 285 g/mol. The maximum atomic E-state index is 12.6. The van der Waals surface area contributed by atoms with Crippen LogP contribution in [0.3, 0.4) is 0 Å². The molecule has 0 saturated carbocycles. The number of rotatable bonds is 3. The fourth-order valence-electron chi connectivity index (χ4n) is 3.39. The highest BCUT2D eigenvalue weighted by atomic mass is 16.2. The van der Waals surface area contributed by atoms with Gasteiger partial charge in [-0.2, -0.15) is 0 Å². The quantitative estimate of drug-likeness (QED) is 0.789. The second-order valence-corrected chi connectivity index (χ2v) is 5.71. The van der Waals surface area contributed by atoms with Gasteiger partial charge in [0.2, 0.25) is 5.91 Å². The molecule has 0 spiro atoms. The molecule has 3 heterocycles. The molecular formula is C16H19N3O2. The molecule has 0 aliphatic carbocycles. The molecule has 0 unspecified atom stereocenters. The Morgan fingerprint density at radius 1 is 1.48 bits per heavy atom. The molecule has 1 aromatic heterocycles. The minimum atomic E-state index is -0.0213. The van der Waals surface area contributed by atoms with E-state index in [9.17, 15) is 9.59 Å². The normalized spacial score (nSPS) is 24.3. The SMILES string of the molecule is C=CCN1C(=O)C[C@H]2[C@H]1CCN2C(=O)c1cncc(C)c1. The average Bonchev–Trinajstić information content (AvgIpc) is 2.99. The third-order valence-corrected chi connectivity index (χ3v) is 4.32. The van der Waals surface area contributed by atoms with Gasteiger partial charge in [-0.1, -0.05) is 6.08 Å². The molecule has 1 aromatic rings. The van der Waals surface area contributed by atoms with E-state index in [0.29, 0.717) is 25.1 Å². The zero-order valence-electron chi connectivity index (χ0n) is 12.2. The maximum Gasteiger partial charge on any atom is 0.255 e. The second-order valence-electron chi connectivity index (χ2n) is 5.71. The first-order valence-electron chi connectivity index (χ1n) is 7.25. The Kier molecular flexibility index (Phi) is 3.49. The summed E-state index contributed by atoms with van der Waals surface area (Å²) in [7, 11) is 0. The molecule has 2 saturated heterocycles. The third kappa shape index (κ3) is 2.33. The highest BCUT2D eigenvalue weighted by Gasteiger charge is 2.47. The molecule has 2 aliphatic heterocycles. The van der Waals surface area contributed by atoms with Crippen molar-refractivity contribution in [3.8, 4) is 0 Å². The summed E-state index contributed by atoms with van der Waals surface area (Å²) in [4.78, 5) is 32.5. The summed E-state index contributed by atoms with van der Waals surface area (Å²) in [5, 5.41) is 0. The molecular weight excluding hydrogens is 266 g/mol. The molecule has 2 aliphatic rings. The molecule has 5 nitrogen and oxygen atoms in total. The molecule has 0 N–H and O–H groups in total. The van der Waals surface area contributed by atoms with Crippen LogP contribution in [-0.2, 0) is 4.79 Å². The van der Waals surface area contributed by atoms with Gasteiger partial charge in [0.1, 0.15) is 0 Å².